The van der Waals surface area contributed by atoms with Gasteiger partial charge in [0.2, 0.25) is 0 Å². The predicted molar refractivity (Wildman–Crippen MR) is 65.8 cm³/mol. The van der Waals surface area contributed by atoms with Gasteiger partial charge in [0.1, 0.15) is 18.0 Å². The van der Waals surface area contributed by atoms with E-state index in [0.717, 1.165) is 0 Å². The number of carbonyl (C=O) groups excluding carboxylic acids is 2. The number of ether oxygens (including phenoxy) is 1. The smallest absolute Gasteiger partial charge is 0.334 e. The zero-order chi connectivity index (χ0) is 14.5. The van der Waals surface area contributed by atoms with Crippen molar-refractivity contribution in [2.75, 3.05) is 0 Å². The second-order valence-corrected chi connectivity index (χ2v) is 5.44. The molecule has 0 aromatic carbocycles. The highest BCUT2D eigenvalue weighted by Gasteiger charge is 2.22. The molecule has 5 nitrogen and oxygen atoms in total. The van der Waals surface area contributed by atoms with Crippen LogP contribution < -0.4 is 0 Å². The molecular formula is C13H20O5. The van der Waals surface area contributed by atoms with Gasteiger partial charge in [0.25, 0.3) is 0 Å². The van der Waals surface area contributed by atoms with Gasteiger partial charge in [-0.25, -0.2) is 4.79 Å². The van der Waals surface area contributed by atoms with E-state index < -0.39 is 11.9 Å². The van der Waals surface area contributed by atoms with Crippen LogP contribution in [0.15, 0.2) is 11.3 Å². The Hall–Kier alpha value is -1.65. The maximum Gasteiger partial charge on any atom is 0.334 e. The van der Waals surface area contributed by atoms with Crippen LogP contribution in [0.25, 0.3) is 0 Å². The average molecular weight is 256 g/mol. The topological polar surface area (TPSA) is 80.7 Å². The van der Waals surface area contributed by atoms with Crippen molar-refractivity contribution in [1.82, 2.24) is 0 Å². The van der Waals surface area contributed by atoms with Crippen LogP contribution in [-0.2, 0) is 19.1 Å². The van der Waals surface area contributed by atoms with Crippen molar-refractivity contribution in [2.45, 2.75) is 47.5 Å². The Labute approximate surface area is 107 Å². The largest absolute Gasteiger partial charge is 0.478 e. The van der Waals surface area contributed by atoms with Gasteiger partial charge in [-0.2, -0.15) is 0 Å². The Morgan fingerprint density at radius 3 is 1.94 bits per heavy atom. The molecule has 0 spiro atoms. The number of carboxylic acid groups (broad SMARTS) is 1. The van der Waals surface area contributed by atoms with Gasteiger partial charge in [-0.15, -0.1) is 0 Å². The Kier molecular flexibility index (Phi) is 5.75. The second-order valence-electron chi connectivity index (χ2n) is 5.44. The molecule has 0 amide bonds. The molecule has 0 rings (SSSR count). The Balaban J connectivity index is 5.02. The Morgan fingerprint density at radius 2 is 1.61 bits per heavy atom. The van der Waals surface area contributed by atoms with Crippen LogP contribution in [0.4, 0.5) is 0 Å². The van der Waals surface area contributed by atoms with Gasteiger partial charge < -0.3 is 9.84 Å². The molecule has 0 aliphatic heterocycles. The standard InChI is InChI=1S/C13H20O5/c1-8(14)6-11(15)18-10(7-13(3,4)5)9(2)12(16)17/h6-7H2,1-5H3,(H,16,17)/b10-9+. The number of hydrogen-bond acceptors (Lipinski definition) is 4. The van der Waals surface area contributed by atoms with Gasteiger partial charge in [0.15, 0.2) is 0 Å². The summed E-state index contributed by atoms with van der Waals surface area (Å²) in [6.07, 6.45) is -0.0324. The zero-order valence-corrected chi connectivity index (χ0v) is 11.5. The van der Waals surface area contributed by atoms with Gasteiger partial charge in [-0.3, -0.25) is 9.59 Å². The first kappa shape index (κ1) is 16.4. The van der Waals surface area contributed by atoms with E-state index in [2.05, 4.69) is 0 Å². The fourth-order valence-electron chi connectivity index (χ4n) is 1.22. The quantitative estimate of drug-likeness (QED) is 0.353. The lowest BCUT2D eigenvalue weighted by Gasteiger charge is -2.20. The minimum absolute atomic E-state index is 0.0122. The minimum Gasteiger partial charge on any atom is -0.478 e. The fraction of sp³-hybridized carbons (Fsp3) is 0.615. The molecule has 5 heteroatoms. The Bertz CT molecular complexity index is 385. The number of carbonyl (C=O) groups is 3. The summed E-state index contributed by atoms with van der Waals surface area (Å²) >= 11 is 0. The molecule has 0 saturated carbocycles. The summed E-state index contributed by atoms with van der Waals surface area (Å²) in [4.78, 5) is 33.1. The zero-order valence-electron chi connectivity index (χ0n) is 11.5. The summed E-state index contributed by atoms with van der Waals surface area (Å²) in [6.45, 7) is 8.37. The number of aliphatic carboxylic acids is 1. The van der Waals surface area contributed by atoms with E-state index >= 15 is 0 Å². The summed E-state index contributed by atoms with van der Waals surface area (Å²) in [5.74, 6) is -2.06. The summed E-state index contributed by atoms with van der Waals surface area (Å²) in [7, 11) is 0. The molecule has 102 valence electrons. The maximum absolute atomic E-state index is 11.4. The van der Waals surface area contributed by atoms with Gasteiger partial charge >= 0.3 is 11.9 Å². The molecule has 18 heavy (non-hydrogen) atoms. The highest BCUT2D eigenvalue weighted by Crippen LogP contribution is 2.27. The maximum atomic E-state index is 11.4. The van der Waals surface area contributed by atoms with E-state index in [9.17, 15) is 14.4 Å². The van der Waals surface area contributed by atoms with E-state index in [1.807, 2.05) is 20.8 Å². The first-order valence-electron chi connectivity index (χ1n) is 5.66. The number of ketones is 1. The first-order chi connectivity index (χ1) is 8.03. The van der Waals surface area contributed by atoms with Crippen LogP contribution in [0.2, 0.25) is 0 Å². The van der Waals surface area contributed by atoms with Crippen molar-refractivity contribution in [3.63, 3.8) is 0 Å². The summed E-state index contributed by atoms with van der Waals surface area (Å²) in [6, 6.07) is 0. The molecule has 0 heterocycles. The summed E-state index contributed by atoms with van der Waals surface area (Å²) in [5, 5.41) is 8.93. The summed E-state index contributed by atoms with van der Waals surface area (Å²) in [5.41, 5.74) is -0.232. The van der Waals surface area contributed by atoms with Crippen LogP contribution in [0.3, 0.4) is 0 Å². The highest BCUT2D eigenvalue weighted by molar-refractivity contribution is 5.95. The van der Waals surface area contributed by atoms with E-state index in [1.54, 1.807) is 0 Å². The lowest BCUT2D eigenvalue weighted by molar-refractivity contribution is -0.142. The molecule has 0 atom stereocenters. The van der Waals surface area contributed by atoms with Crippen LogP contribution in [-0.4, -0.2) is 22.8 Å². The van der Waals surface area contributed by atoms with E-state index in [1.165, 1.54) is 13.8 Å². The number of esters is 1. The number of hydrogen-bond donors (Lipinski definition) is 1. The number of rotatable bonds is 5. The summed E-state index contributed by atoms with van der Waals surface area (Å²) < 4.78 is 5.00. The molecule has 0 radical (unpaired) electrons. The van der Waals surface area contributed by atoms with Gasteiger partial charge in [0.05, 0.1) is 5.57 Å². The molecule has 0 unspecified atom stereocenters. The third-order valence-corrected chi connectivity index (χ3v) is 2.06. The number of carboxylic acids is 1. The first-order valence-corrected chi connectivity index (χ1v) is 5.66. The lowest BCUT2D eigenvalue weighted by atomic mass is 9.90. The fourth-order valence-corrected chi connectivity index (χ4v) is 1.22. The van der Waals surface area contributed by atoms with Crippen molar-refractivity contribution < 1.29 is 24.2 Å². The lowest BCUT2D eigenvalue weighted by Crippen LogP contribution is -2.16. The number of Topliss-reactive ketones (excluding diaryl/α,β-unsaturated/α-hetero) is 1. The molecule has 0 bridgehead atoms. The molecule has 0 aromatic heterocycles. The third kappa shape index (κ3) is 6.83. The Morgan fingerprint density at radius 1 is 1.11 bits per heavy atom. The van der Waals surface area contributed by atoms with E-state index in [4.69, 9.17) is 9.84 Å². The minimum atomic E-state index is -1.13. The van der Waals surface area contributed by atoms with Crippen LogP contribution in [0.1, 0.15) is 47.5 Å². The van der Waals surface area contributed by atoms with Crippen molar-refractivity contribution in [3.05, 3.63) is 11.3 Å². The second kappa shape index (κ2) is 6.33. The van der Waals surface area contributed by atoms with Crippen LogP contribution in [0, 0.1) is 5.41 Å². The molecule has 0 aromatic rings. The molecule has 0 fully saturated rings. The molecule has 1 N–H and O–H groups in total. The molecule has 0 aliphatic rings. The van der Waals surface area contributed by atoms with E-state index in [-0.39, 0.29) is 29.0 Å². The van der Waals surface area contributed by atoms with Crippen molar-refractivity contribution in [1.29, 1.82) is 0 Å². The van der Waals surface area contributed by atoms with Crippen molar-refractivity contribution >= 4 is 17.7 Å². The monoisotopic (exact) mass is 256 g/mol. The van der Waals surface area contributed by atoms with Crippen molar-refractivity contribution in [2.24, 2.45) is 5.41 Å². The molecule has 0 saturated heterocycles. The van der Waals surface area contributed by atoms with E-state index in [0.29, 0.717) is 6.42 Å². The van der Waals surface area contributed by atoms with Gasteiger partial charge in [-0.1, -0.05) is 20.8 Å². The number of allylic oxidation sites excluding steroid dienone is 1. The van der Waals surface area contributed by atoms with Gasteiger partial charge in [-0.05, 0) is 19.3 Å². The van der Waals surface area contributed by atoms with Crippen molar-refractivity contribution in [3.8, 4) is 0 Å². The van der Waals surface area contributed by atoms with Gasteiger partial charge in [0, 0.05) is 6.42 Å². The SMILES string of the molecule is CC(=O)CC(=O)O/C(CC(C)(C)C)=C(\C)C(=O)O. The normalized spacial score (nSPS) is 12.7. The molecule has 0 aliphatic carbocycles. The third-order valence-electron chi connectivity index (χ3n) is 2.06. The molecular weight excluding hydrogens is 236 g/mol. The van der Waals surface area contributed by atoms with Crippen LogP contribution >= 0.6 is 0 Å². The average Bonchev–Trinajstić information content (AvgIpc) is 2.11. The highest BCUT2D eigenvalue weighted by atomic mass is 16.5. The predicted octanol–water partition coefficient (Wildman–Crippen LogP) is 2.30. The van der Waals surface area contributed by atoms with Crippen LogP contribution in [0.5, 0.6) is 0 Å².